The minimum absolute atomic E-state index is 0.147. The first-order chi connectivity index (χ1) is 15.3. The number of nitrogens with one attached hydrogen (secondary N) is 1. The van der Waals surface area contributed by atoms with Crippen LogP contribution in [0.2, 0.25) is 0 Å². The van der Waals surface area contributed by atoms with E-state index in [0.717, 1.165) is 11.1 Å². The molecule has 0 saturated carbocycles. The highest BCUT2D eigenvalue weighted by molar-refractivity contribution is 6.02. The molecule has 0 saturated heterocycles. The predicted molar refractivity (Wildman–Crippen MR) is 129 cm³/mol. The molecular weight excluding hydrogens is 402 g/mol. The van der Waals surface area contributed by atoms with Crippen molar-refractivity contribution in [2.24, 2.45) is 4.99 Å². The van der Waals surface area contributed by atoms with Crippen molar-refractivity contribution in [3.63, 3.8) is 0 Å². The molecule has 1 heterocycles. The molecule has 6 heteroatoms. The molecular formula is C26H23N3O3. The van der Waals surface area contributed by atoms with Gasteiger partial charge in [0.2, 0.25) is 11.8 Å². The average Bonchev–Trinajstić information content (AvgIpc) is 2.77. The number of anilines is 1. The summed E-state index contributed by atoms with van der Waals surface area (Å²) in [5.41, 5.74) is 4.20. The fourth-order valence-electron chi connectivity index (χ4n) is 3.57. The Kier molecular flexibility index (Phi) is 5.60. The first-order valence-electron chi connectivity index (χ1n) is 10.2. The zero-order valence-corrected chi connectivity index (χ0v) is 18.1. The second-order valence-electron chi connectivity index (χ2n) is 7.68. The van der Waals surface area contributed by atoms with E-state index >= 15 is 0 Å². The van der Waals surface area contributed by atoms with Gasteiger partial charge < -0.3 is 10.4 Å². The van der Waals surface area contributed by atoms with Gasteiger partial charge in [0.1, 0.15) is 0 Å². The highest BCUT2D eigenvalue weighted by Crippen LogP contribution is 2.27. The number of hydrogen-bond acceptors (Lipinski definition) is 4. The molecule has 2 N–H and O–H groups in total. The highest BCUT2D eigenvalue weighted by atomic mass is 16.3. The van der Waals surface area contributed by atoms with Crippen LogP contribution >= 0.6 is 0 Å². The van der Waals surface area contributed by atoms with Gasteiger partial charge in [-0.1, -0.05) is 24.3 Å². The van der Waals surface area contributed by atoms with E-state index < -0.39 is 0 Å². The summed E-state index contributed by atoms with van der Waals surface area (Å²) in [6.45, 7) is 5.41. The summed E-state index contributed by atoms with van der Waals surface area (Å²) >= 11 is 0. The fraction of sp³-hybridized carbons (Fsp3) is 0.115. The lowest BCUT2D eigenvalue weighted by Crippen LogP contribution is -2.20. The number of benzene rings is 3. The van der Waals surface area contributed by atoms with Crippen LogP contribution in [-0.4, -0.2) is 21.8 Å². The number of pyridine rings is 1. The minimum atomic E-state index is -0.293. The number of aromatic hydroxyl groups is 1. The number of aryl methyl sites for hydroxylation is 2. The number of amides is 1. The van der Waals surface area contributed by atoms with Gasteiger partial charge in [-0.15, -0.1) is 0 Å². The van der Waals surface area contributed by atoms with Gasteiger partial charge in [0.25, 0.3) is 5.56 Å². The van der Waals surface area contributed by atoms with Crippen LogP contribution in [0.1, 0.15) is 23.6 Å². The zero-order valence-electron chi connectivity index (χ0n) is 18.1. The van der Waals surface area contributed by atoms with Crippen LogP contribution in [0.15, 0.2) is 76.5 Å². The van der Waals surface area contributed by atoms with Crippen molar-refractivity contribution < 1.29 is 9.90 Å². The van der Waals surface area contributed by atoms with Crippen molar-refractivity contribution in [3.05, 3.63) is 93.8 Å². The van der Waals surface area contributed by atoms with Gasteiger partial charge in [0, 0.05) is 29.6 Å². The van der Waals surface area contributed by atoms with Crippen LogP contribution in [0.4, 0.5) is 11.4 Å². The maximum atomic E-state index is 13.2. The molecule has 4 aromatic rings. The summed E-state index contributed by atoms with van der Waals surface area (Å²) in [5, 5.41) is 14.9. The molecule has 0 aliphatic rings. The van der Waals surface area contributed by atoms with E-state index in [-0.39, 0.29) is 17.3 Å². The van der Waals surface area contributed by atoms with Crippen molar-refractivity contribution in [2.75, 3.05) is 5.32 Å². The monoisotopic (exact) mass is 425 g/mol. The Labute approximate surface area is 185 Å². The molecule has 0 aliphatic heterocycles. The van der Waals surface area contributed by atoms with Gasteiger partial charge in [-0.25, -0.2) is 4.57 Å². The summed E-state index contributed by atoms with van der Waals surface area (Å²) in [6.07, 6.45) is 1.56. The van der Waals surface area contributed by atoms with Gasteiger partial charge >= 0.3 is 0 Å². The van der Waals surface area contributed by atoms with Gasteiger partial charge in [-0.3, -0.25) is 14.6 Å². The van der Waals surface area contributed by atoms with Crippen LogP contribution in [-0.2, 0) is 4.79 Å². The molecule has 160 valence electrons. The molecule has 1 amide bonds. The zero-order chi connectivity index (χ0) is 22.8. The van der Waals surface area contributed by atoms with Gasteiger partial charge in [0.05, 0.1) is 16.9 Å². The Hall–Kier alpha value is -4.19. The van der Waals surface area contributed by atoms with E-state index in [9.17, 15) is 14.7 Å². The standard InChI is InChI=1S/C26H23N3O3/c1-16-8-13-21(14-17(16)2)29-25(31)23-7-5-4-6-22(23)24(26(29)32)15-27-19-9-11-20(12-10-19)28-18(3)30/h4-15,32H,1-3H3,(H,28,30). The van der Waals surface area contributed by atoms with Crippen molar-refractivity contribution in [1.29, 1.82) is 0 Å². The summed E-state index contributed by atoms with van der Waals surface area (Å²) < 4.78 is 1.32. The molecule has 0 bridgehead atoms. The second kappa shape index (κ2) is 8.51. The quantitative estimate of drug-likeness (QED) is 0.450. The maximum absolute atomic E-state index is 13.2. The van der Waals surface area contributed by atoms with E-state index in [1.807, 2.05) is 38.1 Å². The number of aliphatic imine (C=N–C) groups is 1. The number of nitrogens with zero attached hydrogens (tertiary/aromatic N) is 2. The number of carbonyl (C=O) groups is 1. The molecule has 6 nitrogen and oxygen atoms in total. The first-order valence-corrected chi connectivity index (χ1v) is 10.2. The Balaban J connectivity index is 1.85. The topological polar surface area (TPSA) is 83.7 Å². The third-order valence-corrected chi connectivity index (χ3v) is 5.38. The Morgan fingerprint density at radius 1 is 0.969 bits per heavy atom. The van der Waals surface area contributed by atoms with E-state index in [2.05, 4.69) is 10.3 Å². The molecule has 0 spiro atoms. The Morgan fingerprint density at radius 2 is 1.66 bits per heavy atom. The largest absolute Gasteiger partial charge is 0.494 e. The summed E-state index contributed by atoms with van der Waals surface area (Å²) in [7, 11) is 0. The highest BCUT2D eigenvalue weighted by Gasteiger charge is 2.16. The molecule has 0 unspecified atom stereocenters. The molecule has 32 heavy (non-hydrogen) atoms. The molecule has 1 aromatic heterocycles. The molecule has 3 aromatic carbocycles. The van der Waals surface area contributed by atoms with Crippen LogP contribution in [0.25, 0.3) is 16.5 Å². The van der Waals surface area contributed by atoms with Crippen molar-refractivity contribution in [3.8, 4) is 11.6 Å². The van der Waals surface area contributed by atoms with Gasteiger partial charge in [0.15, 0.2) is 0 Å². The minimum Gasteiger partial charge on any atom is -0.494 e. The third kappa shape index (κ3) is 4.03. The predicted octanol–water partition coefficient (Wildman–Crippen LogP) is 5.02. The maximum Gasteiger partial charge on any atom is 0.265 e. The average molecular weight is 425 g/mol. The van der Waals surface area contributed by atoms with Gasteiger partial charge in [-0.05, 0) is 67.4 Å². The summed E-state index contributed by atoms with van der Waals surface area (Å²) in [4.78, 5) is 28.9. The van der Waals surface area contributed by atoms with E-state index in [0.29, 0.717) is 33.4 Å². The summed E-state index contributed by atoms with van der Waals surface area (Å²) in [6, 6.07) is 19.8. The number of aromatic nitrogens is 1. The number of rotatable bonds is 4. The number of fused-ring (bicyclic) bond motifs is 1. The van der Waals surface area contributed by atoms with Crippen molar-refractivity contribution in [1.82, 2.24) is 4.57 Å². The fourth-order valence-corrected chi connectivity index (χ4v) is 3.57. The third-order valence-electron chi connectivity index (χ3n) is 5.38. The van der Waals surface area contributed by atoms with E-state index in [1.54, 1.807) is 48.7 Å². The molecule has 0 fully saturated rings. The lowest BCUT2D eigenvalue weighted by atomic mass is 10.1. The lowest BCUT2D eigenvalue weighted by Gasteiger charge is -2.14. The first kappa shape index (κ1) is 21.1. The van der Waals surface area contributed by atoms with E-state index in [1.165, 1.54) is 11.5 Å². The normalized spacial score (nSPS) is 11.2. The summed E-state index contributed by atoms with van der Waals surface area (Å²) in [5.74, 6) is -0.318. The lowest BCUT2D eigenvalue weighted by molar-refractivity contribution is -0.114. The van der Waals surface area contributed by atoms with Crippen LogP contribution in [0, 0.1) is 13.8 Å². The number of hydrogen-bond donors (Lipinski definition) is 2. The smallest absolute Gasteiger partial charge is 0.265 e. The number of carbonyl (C=O) groups excluding carboxylic acids is 1. The van der Waals surface area contributed by atoms with Crippen LogP contribution in [0.5, 0.6) is 5.88 Å². The van der Waals surface area contributed by atoms with Crippen LogP contribution in [0.3, 0.4) is 0 Å². The molecule has 4 rings (SSSR count). The second-order valence-corrected chi connectivity index (χ2v) is 7.68. The Morgan fingerprint density at radius 3 is 2.31 bits per heavy atom. The Bertz CT molecular complexity index is 1420. The van der Waals surface area contributed by atoms with Crippen LogP contribution < -0.4 is 10.9 Å². The van der Waals surface area contributed by atoms with Crippen molar-refractivity contribution in [2.45, 2.75) is 20.8 Å². The van der Waals surface area contributed by atoms with Gasteiger partial charge in [-0.2, -0.15) is 0 Å². The molecule has 0 radical (unpaired) electrons. The SMILES string of the molecule is CC(=O)Nc1ccc(N=Cc2c(O)n(-c3ccc(C)c(C)c3)c(=O)c3ccccc23)cc1. The van der Waals surface area contributed by atoms with Crippen molar-refractivity contribution >= 4 is 34.3 Å². The van der Waals surface area contributed by atoms with E-state index in [4.69, 9.17) is 0 Å². The molecule has 0 atom stereocenters. The molecule has 0 aliphatic carbocycles.